The van der Waals surface area contributed by atoms with E-state index >= 15 is 0 Å². The summed E-state index contributed by atoms with van der Waals surface area (Å²) in [7, 11) is 1.54. The highest BCUT2D eigenvalue weighted by Gasteiger charge is 2.48. The molecule has 1 unspecified atom stereocenters. The quantitative estimate of drug-likeness (QED) is 0.339. The first kappa shape index (κ1) is 21.1. The summed E-state index contributed by atoms with van der Waals surface area (Å²) in [6.07, 6.45) is 0. The van der Waals surface area contributed by atoms with Crippen LogP contribution in [0.3, 0.4) is 0 Å². The maximum absolute atomic E-state index is 13.1. The molecule has 1 saturated heterocycles. The first-order valence-corrected chi connectivity index (χ1v) is 10.7. The normalized spacial score (nSPS) is 17.9. The van der Waals surface area contributed by atoms with E-state index in [2.05, 4.69) is 4.98 Å². The Morgan fingerprint density at radius 3 is 2.45 bits per heavy atom. The van der Waals surface area contributed by atoms with Crippen molar-refractivity contribution in [2.45, 2.75) is 19.9 Å². The molecule has 0 radical (unpaired) electrons. The molecule has 158 valence electrons. The number of carbonyl (C=O) groups excluding carboxylic acids is 2. The topological polar surface area (TPSA) is 79.7 Å². The molecule has 0 spiro atoms. The van der Waals surface area contributed by atoms with Crippen LogP contribution in [0.2, 0.25) is 5.02 Å². The number of hydrogen-bond donors (Lipinski definition) is 1. The fourth-order valence-electron chi connectivity index (χ4n) is 3.49. The number of nitrogens with zero attached hydrogens (tertiary/aromatic N) is 2. The van der Waals surface area contributed by atoms with Crippen LogP contribution < -0.4 is 9.64 Å². The maximum atomic E-state index is 13.1. The molecule has 1 atom stereocenters. The zero-order valence-corrected chi connectivity index (χ0v) is 18.6. The van der Waals surface area contributed by atoms with E-state index in [1.165, 1.54) is 23.3 Å². The number of aryl methyl sites for hydroxylation is 2. The third kappa shape index (κ3) is 3.71. The summed E-state index contributed by atoms with van der Waals surface area (Å²) >= 11 is 7.53. The van der Waals surface area contributed by atoms with Crippen LogP contribution in [0.4, 0.5) is 5.13 Å². The number of carbonyl (C=O) groups is 2. The molecule has 1 aliphatic heterocycles. The van der Waals surface area contributed by atoms with Crippen molar-refractivity contribution in [1.29, 1.82) is 0 Å². The largest absolute Gasteiger partial charge is 0.507 e. The maximum Gasteiger partial charge on any atom is 0.301 e. The third-order valence-corrected chi connectivity index (χ3v) is 6.50. The highest BCUT2D eigenvalue weighted by atomic mass is 35.5. The van der Waals surface area contributed by atoms with E-state index in [1.54, 1.807) is 48.5 Å². The molecule has 1 aromatic heterocycles. The van der Waals surface area contributed by atoms with E-state index in [1.807, 2.05) is 13.8 Å². The Labute approximate surface area is 188 Å². The number of hydrogen-bond acceptors (Lipinski definition) is 6. The van der Waals surface area contributed by atoms with Gasteiger partial charge in [0.2, 0.25) is 0 Å². The van der Waals surface area contributed by atoms with Gasteiger partial charge < -0.3 is 9.84 Å². The molecule has 2 heterocycles. The average Bonchev–Trinajstić information content (AvgIpc) is 3.23. The number of aliphatic hydroxyl groups is 1. The van der Waals surface area contributed by atoms with Crippen molar-refractivity contribution in [3.05, 3.63) is 80.8 Å². The summed E-state index contributed by atoms with van der Waals surface area (Å²) in [5.74, 6) is -1.17. The van der Waals surface area contributed by atoms with Gasteiger partial charge in [-0.15, -0.1) is 11.3 Å². The van der Waals surface area contributed by atoms with Crippen LogP contribution in [0, 0.1) is 13.8 Å². The van der Waals surface area contributed by atoms with Crippen molar-refractivity contribution in [3.63, 3.8) is 0 Å². The number of aromatic nitrogens is 1. The summed E-state index contributed by atoms with van der Waals surface area (Å²) in [4.78, 5) is 32.9. The lowest BCUT2D eigenvalue weighted by Crippen LogP contribution is -2.29. The second kappa shape index (κ2) is 8.17. The Kier molecular flexibility index (Phi) is 5.56. The molecular weight excluding hydrogens is 436 g/mol. The zero-order chi connectivity index (χ0) is 22.3. The molecule has 1 fully saturated rings. The standard InChI is InChI=1S/C23H19ClN2O4S/c1-12-13(2)31-23(25-12)26-19(15-5-4-6-16(24)11-15)18(21(28)22(26)29)20(27)14-7-9-17(30-3)10-8-14/h4-11,19,27H,1-3H3/b20-18+. The van der Waals surface area contributed by atoms with Gasteiger partial charge in [0.05, 0.1) is 24.4 Å². The van der Waals surface area contributed by atoms with E-state index in [0.717, 1.165) is 10.6 Å². The Balaban J connectivity index is 1.93. The first-order chi connectivity index (χ1) is 14.8. The van der Waals surface area contributed by atoms with E-state index < -0.39 is 17.7 Å². The lowest BCUT2D eigenvalue weighted by atomic mass is 9.95. The number of anilines is 1. The number of aliphatic hydroxyl groups excluding tert-OH is 1. The van der Waals surface area contributed by atoms with Crippen LogP contribution in [-0.2, 0) is 9.59 Å². The van der Waals surface area contributed by atoms with Gasteiger partial charge in [-0.3, -0.25) is 14.5 Å². The first-order valence-electron chi connectivity index (χ1n) is 9.46. The zero-order valence-electron chi connectivity index (χ0n) is 17.0. The van der Waals surface area contributed by atoms with Crippen molar-refractivity contribution in [1.82, 2.24) is 4.98 Å². The number of thiazole rings is 1. The van der Waals surface area contributed by atoms with Crippen molar-refractivity contribution in [2.75, 3.05) is 12.0 Å². The number of amides is 1. The van der Waals surface area contributed by atoms with Gasteiger partial charge in [-0.1, -0.05) is 23.7 Å². The molecule has 31 heavy (non-hydrogen) atoms. The van der Waals surface area contributed by atoms with Gasteiger partial charge in [-0.05, 0) is 55.8 Å². The van der Waals surface area contributed by atoms with Crippen molar-refractivity contribution in [3.8, 4) is 5.75 Å². The number of benzene rings is 2. The second-order valence-electron chi connectivity index (χ2n) is 7.09. The van der Waals surface area contributed by atoms with E-state index in [-0.39, 0.29) is 11.3 Å². The smallest absolute Gasteiger partial charge is 0.301 e. The summed E-state index contributed by atoms with van der Waals surface area (Å²) in [6, 6.07) is 12.7. The molecule has 4 rings (SSSR count). The van der Waals surface area contributed by atoms with Gasteiger partial charge in [-0.2, -0.15) is 0 Å². The van der Waals surface area contributed by atoms with Crippen molar-refractivity contribution < 1.29 is 19.4 Å². The van der Waals surface area contributed by atoms with Crippen LogP contribution in [-0.4, -0.2) is 28.9 Å². The van der Waals surface area contributed by atoms with Gasteiger partial charge in [0.15, 0.2) is 5.13 Å². The lowest BCUT2D eigenvalue weighted by molar-refractivity contribution is -0.132. The molecular formula is C23H19ClN2O4S. The van der Waals surface area contributed by atoms with Gasteiger partial charge in [0.1, 0.15) is 11.5 Å². The Morgan fingerprint density at radius 1 is 1.16 bits per heavy atom. The fraction of sp³-hybridized carbons (Fsp3) is 0.174. The molecule has 1 N–H and O–H groups in total. The fourth-order valence-corrected chi connectivity index (χ4v) is 4.62. The summed E-state index contributed by atoms with van der Waals surface area (Å²) < 4.78 is 5.16. The molecule has 6 nitrogen and oxygen atoms in total. The number of ether oxygens (including phenoxy) is 1. The van der Waals surface area contributed by atoms with Gasteiger partial charge in [0.25, 0.3) is 5.78 Å². The summed E-state index contributed by atoms with van der Waals surface area (Å²) in [5, 5.41) is 11.9. The third-order valence-electron chi connectivity index (χ3n) is 5.20. The highest BCUT2D eigenvalue weighted by Crippen LogP contribution is 2.44. The van der Waals surface area contributed by atoms with Crippen LogP contribution in [0.15, 0.2) is 54.1 Å². The molecule has 3 aromatic rings. The van der Waals surface area contributed by atoms with Gasteiger partial charge in [-0.25, -0.2) is 4.98 Å². The second-order valence-corrected chi connectivity index (χ2v) is 8.71. The predicted molar refractivity (Wildman–Crippen MR) is 121 cm³/mol. The minimum Gasteiger partial charge on any atom is -0.507 e. The van der Waals surface area contributed by atoms with E-state index in [0.29, 0.717) is 27.0 Å². The molecule has 8 heteroatoms. The molecule has 2 aromatic carbocycles. The van der Waals surface area contributed by atoms with Crippen molar-refractivity contribution >= 4 is 45.5 Å². The van der Waals surface area contributed by atoms with Crippen LogP contribution >= 0.6 is 22.9 Å². The highest BCUT2D eigenvalue weighted by molar-refractivity contribution is 7.16. The Bertz CT molecular complexity index is 1200. The molecule has 1 aliphatic rings. The Morgan fingerprint density at radius 2 is 1.87 bits per heavy atom. The van der Waals surface area contributed by atoms with Crippen molar-refractivity contribution in [2.24, 2.45) is 0 Å². The monoisotopic (exact) mass is 454 g/mol. The lowest BCUT2D eigenvalue weighted by Gasteiger charge is -2.23. The molecule has 0 aliphatic carbocycles. The predicted octanol–water partition coefficient (Wildman–Crippen LogP) is 5.05. The SMILES string of the molecule is COc1ccc(/C(O)=C2\C(=O)C(=O)N(c3nc(C)c(C)s3)C2c2cccc(Cl)c2)cc1. The van der Waals surface area contributed by atoms with Gasteiger partial charge in [0, 0.05) is 15.5 Å². The number of methoxy groups -OCH3 is 1. The van der Waals surface area contributed by atoms with Crippen LogP contribution in [0.1, 0.15) is 27.7 Å². The summed E-state index contributed by atoms with van der Waals surface area (Å²) in [5.41, 5.74) is 1.77. The van der Waals surface area contributed by atoms with Crippen LogP contribution in [0.5, 0.6) is 5.75 Å². The summed E-state index contributed by atoms with van der Waals surface area (Å²) in [6.45, 7) is 3.75. The Hall–Kier alpha value is -3.16. The number of Topliss-reactive ketones (excluding diaryl/α,β-unsaturated/α-hetero) is 1. The minimum absolute atomic E-state index is 0.0112. The molecule has 0 bridgehead atoms. The van der Waals surface area contributed by atoms with Crippen LogP contribution in [0.25, 0.3) is 5.76 Å². The minimum atomic E-state index is -0.856. The molecule has 1 amide bonds. The number of ketones is 1. The van der Waals surface area contributed by atoms with E-state index in [4.69, 9.17) is 16.3 Å². The number of rotatable bonds is 4. The van der Waals surface area contributed by atoms with E-state index in [9.17, 15) is 14.7 Å². The van der Waals surface area contributed by atoms with Gasteiger partial charge >= 0.3 is 5.91 Å². The molecule has 0 saturated carbocycles. The average molecular weight is 455 g/mol. The number of halogens is 1.